The topological polar surface area (TPSA) is 32.3 Å². The predicted molar refractivity (Wildman–Crippen MR) is 80.1 cm³/mol. The van der Waals surface area contributed by atoms with Gasteiger partial charge in [0.1, 0.15) is 0 Å². The van der Waals surface area contributed by atoms with Crippen LogP contribution in [0.15, 0.2) is 24.3 Å². The molecule has 0 bridgehead atoms. The van der Waals surface area contributed by atoms with E-state index in [0.717, 1.165) is 11.3 Å². The minimum atomic E-state index is -0.0614. The molecule has 0 aromatic heterocycles. The van der Waals surface area contributed by atoms with Crippen molar-refractivity contribution in [2.24, 2.45) is 5.92 Å². The number of hydrogen-bond acceptors (Lipinski definition) is 2. The number of amides is 2. The highest BCUT2D eigenvalue weighted by molar-refractivity contribution is 7.99. The molecule has 1 aromatic carbocycles. The fourth-order valence-electron chi connectivity index (χ4n) is 1.93. The minimum Gasteiger partial charge on any atom is -0.315 e. The van der Waals surface area contributed by atoms with Gasteiger partial charge in [-0.05, 0) is 36.8 Å². The van der Waals surface area contributed by atoms with Crippen molar-refractivity contribution in [2.45, 2.75) is 26.1 Å². The second kappa shape index (κ2) is 6.69. The zero-order valence-corrected chi connectivity index (χ0v) is 12.5. The van der Waals surface area contributed by atoms with Gasteiger partial charge in [0.25, 0.3) is 0 Å². The Morgan fingerprint density at radius 1 is 1.39 bits per heavy atom. The lowest BCUT2D eigenvalue weighted by atomic mass is 10.2. The van der Waals surface area contributed by atoms with Crippen molar-refractivity contribution in [3.8, 4) is 0 Å². The summed E-state index contributed by atoms with van der Waals surface area (Å²) in [7, 11) is 1.84. The van der Waals surface area contributed by atoms with Gasteiger partial charge in [0.05, 0.1) is 5.37 Å². The zero-order chi connectivity index (χ0) is 13.7. The number of hydrogen-bond donors (Lipinski definition) is 1. The van der Waals surface area contributed by atoms with Gasteiger partial charge >= 0.3 is 6.03 Å². The number of anilines is 1. The lowest BCUT2D eigenvalue weighted by molar-refractivity contribution is 0.211. The summed E-state index contributed by atoms with van der Waals surface area (Å²) in [6.45, 7) is 6.26. The van der Waals surface area contributed by atoms with Gasteiger partial charge in [-0.2, -0.15) is 0 Å². The van der Waals surface area contributed by atoms with E-state index in [4.69, 9.17) is 0 Å². The molecule has 0 fully saturated rings. The van der Waals surface area contributed by atoms with Crippen LogP contribution in [0.2, 0.25) is 0 Å². The summed E-state index contributed by atoms with van der Waals surface area (Å²) in [5.41, 5.74) is 1.98. The molecule has 18 heavy (non-hydrogen) atoms. The number of urea groups is 1. The summed E-state index contributed by atoms with van der Waals surface area (Å²) in [4.78, 5) is 13.9. The quantitative estimate of drug-likeness (QED) is 0.841. The van der Waals surface area contributed by atoms with Gasteiger partial charge in [-0.3, -0.25) is 0 Å². The van der Waals surface area contributed by atoms with E-state index in [1.807, 2.05) is 44.5 Å². The van der Waals surface area contributed by atoms with E-state index in [1.165, 1.54) is 0 Å². The molecule has 3 nitrogen and oxygen atoms in total. The summed E-state index contributed by atoms with van der Waals surface area (Å²) < 4.78 is 0. The number of carbonyl (C=O) groups excluding carboxylic acids is 1. The molecular formula is C14H22N2OS. The third-order valence-corrected chi connectivity index (χ3v) is 4.13. The van der Waals surface area contributed by atoms with Crippen molar-refractivity contribution in [3.05, 3.63) is 29.8 Å². The van der Waals surface area contributed by atoms with E-state index in [-0.39, 0.29) is 11.4 Å². The van der Waals surface area contributed by atoms with Crippen molar-refractivity contribution in [2.75, 3.05) is 18.6 Å². The highest BCUT2D eigenvalue weighted by Gasteiger charge is 2.21. The summed E-state index contributed by atoms with van der Waals surface area (Å²) >= 11 is 1.69. The van der Waals surface area contributed by atoms with Gasteiger partial charge in [0.15, 0.2) is 0 Å². The first-order valence-electron chi connectivity index (χ1n) is 6.09. The first-order chi connectivity index (χ1) is 8.45. The van der Waals surface area contributed by atoms with Crippen LogP contribution in [0.25, 0.3) is 0 Å². The molecule has 0 saturated carbocycles. The van der Waals surface area contributed by atoms with Gasteiger partial charge in [-0.1, -0.05) is 26.0 Å². The molecule has 1 atom stereocenters. The molecule has 4 heteroatoms. The monoisotopic (exact) mass is 266 g/mol. The molecule has 100 valence electrons. The van der Waals surface area contributed by atoms with Gasteiger partial charge in [-0.25, -0.2) is 4.79 Å². The van der Waals surface area contributed by atoms with Crippen LogP contribution in [0, 0.1) is 12.8 Å². The summed E-state index contributed by atoms with van der Waals surface area (Å²) in [5.74, 6) is 0.424. The maximum absolute atomic E-state index is 12.1. The van der Waals surface area contributed by atoms with Crippen LogP contribution in [-0.4, -0.2) is 29.6 Å². The summed E-state index contributed by atoms with van der Waals surface area (Å²) in [6.07, 6.45) is 2.03. The highest BCUT2D eigenvalue weighted by Crippen LogP contribution is 2.21. The Hall–Kier alpha value is -1.16. The third-order valence-electron chi connectivity index (χ3n) is 2.78. The minimum absolute atomic E-state index is 0.0614. The Labute approximate surface area is 114 Å². The molecule has 0 spiro atoms. The molecule has 0 aliphatic carbocycles. The van der Waals surface area contributed by atoms with Crippen LogP contribution in [0.3, 0.4) is 0 Å². The molecule has 1 N–H and O–H groups in total. The van der Waals surface area contributed by atoms with Crippen LogP contribution in [0.5, 0.6) is 0 Å². The van der Waals surface area contributed by atoms with Crippen LogP contribution < -0.4 is 5.32 Å². The first kappa shape index (κ1) is 14.9. The molecule has 0 aliphatic rings. The second-order valence-corrected chi connectivity index (χ2v) is 5.74. The number of carbonyl (C=O) groups is 1. The Morgan fingerprint density at radius 3 is 2.56 bits per heavy atom. The van der Waals surface area contributed by atoms with Crippen molar-refractivity contribution in [1.82, 2.24) is 4.90 Å². The molecule has 1 rings (SSSR count). The average Bonchev–Trinajstić information content (AvgIpc) is 2.29. The standard InChI is InChI=1S/C14H22N2OS/c1-10(2)13(18-5)16(4)14(17)15-12-8-6-7-11(3)9-12/h6-10,13H,1-5H3,(H,15,17). The number of nitrogens with zero attached hydrogens (tertiary/aromatic N) is 1. The largest absolute Gasteiger partial charge is 0.322 e. The van der Waals surface area contributed by atoms with E-state index in [9.17, 15) is 4.79 Å². The molecule has 1 aromatic rings. The third kappa shape index (κ3) is 3.95. The fraction of sp³-hybridized carbons (Fsp3) is 0.500. The Balaban J connectivity index is 2.70. The summed E-state index contributed by atoms with van der Waals surface area (Å²) in [6, 6.07) is 7.77. The first-order valence-corrected chi connectivity index (χ1v) is 7.37. The van der Waals surface area contributed by atoms with E-state index in [2.05, 4.69) is 19.2 Å². The van der Waals surface area contributed by atoms with Gasteiger partial charge in [0.2, 0.25) is 0 Å². The van der Waals surface area contributed by atoms with Crippen LogP contribution in [0.1, 0.15) is 19.4 Å². The molecule has 0 heterocycles. The number of aryl methyl sites for hydroxylation is 1. The average molecular weight is 266 g/mol. The highest BCUT2D eigenvalue weighted by atomic mass is 32.2. The van der Waals surface area contributed by atoms with Gasteiger partial charge < -0.3 is 10.2 Å². The molecule has 0 radical (unpaired) electrons. The normalized spacial score (nSPS) is 12.3. The van der Waals surface area contributed by atoms with Crippen LogP contribution in [0.4, 0.5) is 10.5 Å². The molecule has 1 unspecified atom stereocenters. The number of nitrogens with one attached hydrogen (secondary N) is 1. The maximum atomic E-state index is 12.1. The fourth-order valence-corrected chi connectivity index (χ4v) is 2.88. The van der Waals surface area contributed by atoms with Crippen molar-refractivity contribution in [3.63, 3.8) is 0 Å². The molecule has 2 amide bonds. The van der Waals surface area contributed by atoms with E-state index in [1.54, 1.807) is 16.7 Å². The predicted octanol–water partition coefficient (Wildman–Crippen LogP) is 3.80. The number of rotatable bonds is 4. The van der Waals surface area contributed by atoms with Gasteiger partial charge in [0, 0.05) is 12.7 Å². The summed E-state index contributed by atoms with van der Waals surface area (Å²) in [5, 5.41) is 3.12. The Bertz CT molecular complexity index is 407. The lowest BCUT2D eigenvalue weighted by Gasteiger charge is -2.29. The number of benzene rings is 1. The Morgan fingerprint density at radius 2 is 2.06 bits per heavy atom. The smallest absolute Gasteiger partial charge is 0.315 e. The van der Waals surface area contributed by atoms with Crippen LogP contribution >= 0.6 is 11.8 Å². The lowest BCUT2D eigenvalue weighted by Crippen LogP contribution is -2.40. The van der Waals surface area contributed by atoms with Gasteiger partial charge in [-0.15, -0.1) is 11.8 Å². The van der Waals surface area contributed by atoms with Crippen molar-refractivity contribution >= 4 is 23.5 Å². The van der Waals surface area contributed by atoms with Crippen molar-refractivity contribution < 1.29 is 4.79 Å². The Kier molecular flexibility index (Phi) is 5.54. The van der Waals surface area contributed by atoms with E-state index in [0.29, 0.717) is 5.92 Å². The molecule has 0 saturated heterocycles. The van der Waals surface area contributed by atoms with Crippen molar-refractivity contribution in [1.29, 1.82) is 0 Å². The molecule has 0 aliphatic heterocycles. The van der Waals surface area contributed by atoms with E-state index < -0.39 is 0 Å². The molecular weight excluding hydrogens is 244 g/mol. The second-order valence-electron chi connectivity index (χ2n) is 4.78. The SMILES string of the molecule is CSC(C(C)C)N(C)C(=O)Nc1cccc(C)c1. The maximum Gasteiger partial charge on any atom is 0.322 e. The number of thioether (sulfide) groups is 1. The zero-order valence-electron chi connectivity index (χ0n) is 11.7. The van der Waals surface area contributed by atoms with E-state index >= 15 is 0 Å². The van der Waals surface area contributed by atoms with Crippen LogP contribution in [-0.2, 0) is 0 Å².